The Kier molecular flexibility index (Phi) is 2.29. The smallest absolute Gasteiger partial charge is 0.182 e. The Hall–Kier alpha value is -1.29. The Morgan fingerprint density at radius 3 is 3.07 bits per heavy atom. The summed E-state index contributed by atoms with van der Waals surface area (Å²) < 4.78 is 0. The summed E-state index contributed by atoms with van der Waals surface area (Å²) in [5, 5.41) is 2.32. The summed E-state index contributed by atoms with van der Waals surface area (Å²) in [6.45, 7) is 3.06. The molecule has 1 aromatic rings. The van der Waals surface area contributed by atoms with E-state index in [1.807, 2.05) is 11.1 Å². The lowest BCUT2D eigenvalue weighted by atomic mass is 10.1. The molecule has 1 aliphatic rings. The minimum absolute atomic E-state index is 0.319. The van der Waals surface area contributed by atoms with Crippen molar-refractivity contribution < 1.29 is 0 Å². The Morgan fingerprint density at radius 1 is 1.57 bits per heavy atom. The van der Waals surface area contributed by atoms with Gasteiger partial charge in [0.15, 0.2) is 5.11 Å². The minimum atomic E-state index is 0.319. The summed E-state index contributed by atoms with van der Waals surface area (Å²) in [5.41, 5.74) is 12.3. The van der Waals surface area contributed by atoms with Gasteiger partial charge in [0, 0.05) is 6.54 Å². The van der Waals surface area contributed by atoms with E-state index in [9.17, 15) is 0 Å². The van der Waals surface area contributed by atoms with Crippen LogP contribution in [0.1, 0.15) is 11.1 Å². The van der Waals surface area contributed by atoms with Gasteiger partial charge in [-0.1, -0.05) is 12.1 Å². The van der Waals surface area contributed by atoms with Crippen molar-refractivity contribution in [1.82, 2.24) is 5.43 Å². The van der Waals surface area contributed by atoms with Crippen LogP contribution in [0.5, 0.6) is 0 Å². The predicted molar refractivity (Wildman–Crippen MR) is 62.2 cm³/mol. The molecule has 1 heterocycles. The second-order valence-corrected chi connectivity index (χ2v) is 3.89. The van der Waals surface area contributed by atoms with Crippen LogP contribution < -0.4 is 16.2 Å². The van der Waals surface area contributed by atoms with Crippen LogP contribution in [0.2, 0.25) is 0 Å². The zero-order chi connectivity index (χ0) is 10.1. The first kappa shape index (κ1) is 9.27. The van der Waals surface area contributed by atoms with Crippen molar-refractivity contribution >= 4 is 23.0 Å². The molecule has 3 N–H and O–H groups in total. The van der Waals surface area contributed by atoms with E-state index in [0.29, 0.717) is 5.11 Å². The zero-order valence-corrected chi connectivity index (χ0v) is 8.90. The molecule has 0 aliphatic carbocycles. The van der Waals surface area contributed by atoms with E-state index < -0.39 is 0 Å². The molecule has 2 rings (SSSR count). The highest BCUT2D eigenvalue weighted by atomic mass is 32.1. The number of aryl methyl sites for hydroxylation is 1. The van der Waals surface area contributed by atoms with E-state index >= 15 is 0 Å². The summed E-state index contributed by atoms with van der Waals surface area (Å²) >= 11 is 4.82. The van der Waals surface area contributed by atoms with E-state index in [0.717, 1.165) is 13.0 Å². The van der Waals surface area contributed by atoms with E-state index in [-0.39, 0.29) is 0 Å². The van der Waals surface area contributed by atoms with E-state index in [4.69, 9.17) is 18.0 Å². The fourth-order valence-electron chi connectivity index (χ4n) is 1.86. The maximum Gasteiger partial charge on any atom is 0.182 e. The summed E-state index contributed by atoms with van der Waals surface area (Å²) in [4.78, 5) is 0. The molecule has 74 valence electrons. The Bertz CT molecular complexity index is 376. The number of benzene rings is 1. The fourth-order valence-corrected chi connectivity index (χ4v) is 1.97. The Morgan fingerprint density at radius 2 is 2.36 bits per heavy atom. The molecule has 3 nitrogen and oxygen atoms in total. The van der Waals surface area contributed by atoms with Crippen LogP contribution in [-0.2, 0) is 6.42 Å². The van der Waals surface area contributed by atoms with Crippen LogP contribution >= 0.6 is 12.2 Å². The van der Waals surface area contributed by atoms with Gasteiger partial charge in [0.05, 0.1) is 5.69 Å². The average molecular weight is 207 g/mol. The number of hydrogen-bond acceptors (Lipinski definition) is 2. The third kappa shape index (κ3) is 1.53. The summed E-state index contributed by atoms with van der Waals surface area (Å²) in [7, 11) is 0. The second-order valence-electron chi connectivity index (χ2n) is 3.45. The van der Waals surface area contributed by atoms with Crippen LogP contribution in [0.15, 0.2) is 18.2 Å². The molecule has 0 fully saturated rings. The highest BCUT2D eigenvalue weighted by molar-refractivity contribution is 7.80. The van der Waals surface area contributed by atoms with Crippen LogP contribution in [0, 0.1) is 6.92 Å². The number of thiocarbonyl (C=S) groups is 1. The van der Waals surface area contributed by atoms with Gasteiger partial charge in [-0.15, -0.1) is 0 Å². The monoisotopic (exact) mass is 207 g/mol. The highest BCUT2D eigenvalue weighted by Gasteiger charge is 2.19. The predicted octanol–water partition coefficient (Wildman–Crippen LogP) is 1.11. The molecule has 1 aromatic carbocycles. The van der Waals surface area contributed by atoms with Crippen molar-refractivity contribution in [3.63, 3.8) is 0 Å². The molecule has 0 amide bonds. The first-order valence-corrected chi connectivity index (χ1v) is 5.01. The largest absolute Gasteiger partial charge is 0.375 e. The minimum Gasteiger partial charge on any atom is -0.375 e. The van der Waals surface area contributed by atoms with Crippen molar-refractivity contribution in [2.75, 3.05) is 11.6 Å². The van der Waals surface area contributed by atoms with Gasteiger partial charge in [0.2, 0.25) is 0 Å². The number of rotatable bonds is 1. The van der Waals surface area contributed by atoms with Crippen LogP contribution in [-0.4, -0.2) is 11.7 Å². The third-order valence-electron chi connectivity index (χ3n) is 2.51. The first-order valence-electron chi connectivity index (χ1n) is 4.60. The van der Waals surface area contributed by atoms with E-state index in [1.54, 1.807) is 0 Å². The zero-order valence-electron chi connectivity index (χ0n) is 8.08. The third-order valence-corrected chi connectivity index (χ3v) is 2.60. The van der Waals surface area contributed by atoms with E-state index in [2.05, 4.69) is 24.5 Å². The Balaban J connectivity index is 2.30. The van der Waals surface area contributed by atoms with Crippen molar-refractivity contribution in [2.24, 2.45) is 5.73 Å². The molecular weight excluding hydrogens is 194 g/mol. The summed E-state index contributed by atoms with van der Waals surface area (Å²) in [6.07, 6.45) is 1.05. The van der Waals surface area contributed by atoms with Crippen LogP contribution in [0.4, 0.5) is 5.69 Å². The molecule has 14 heavy (non-hydrogen) atoms. The normalized spacial score (nSPS) is 13.9. The lowest BCUT2D eigenvalue weighted by molar-refractivity contribution is 0.803. The van der Waals surface area contributed by atoms with Gasteiger partial charge < -0.3 is 5.73 Å². The molecule has 0 unspecified atom stereocenters. The van der Waals surface area contributed by atoms with Gasteiger partial charge >= 0.3 is 0 Å². The molecule has 0 saturated carbocycles. The quantitative estimate of drug-likeness (QED) is 0.677. The van der Waals surface area contributed by atoms with Gasteiger partial charge in [-0.25, -0.2) is 0 Å². The number of nitrogens with two attached hydrogens (primary N) is 1. The van der Waals surface area contributed by atoms with Crippen molar-refractivity contribution in [1.29, 1.82) is 0 Å². The molecule has 0 spiro atoms. The number of nitrogens with zero attached hydrogens (tertiary/aromatic N) is 1. The number of anilines is 1. The molecule has 1 aliphatic heterocycles. The lowest BCUT2D eigenvalue weighted by Crippen LogP contribution is -2.44. The summed E-state index contributed by atoms with van der Waals surface area (Å²) in [6, 6.07) is 6.26. The molecular formula is C10H13N3S. The second kappa shape index (κ2) is 3.46. The lowest BCUT2D eigenvalue weighted by Gasteiger charge is -2.20. The van der Waals surface area contributed by atoms with Crippen molar-refractivity contribution in [3.05, 3.63) is 29.3 Å². The van der Waals surface area contributed by atoms with Gasteiger partial charge in [-0.2, -0.15) is 0 Å². The molecule has 0 saturated heterocycles. The standard InChI is InChI=1S/C10H13N3S/c1-7-3-2-4-9-8(7)5-6-13(9)12-10(11)14/h2-4H,5-6H2,1H3,(H3,11,12,14). The maximum absolute atomic E-state index is 5.45. The molecule has 0 atom stereocenters. The van der Waals surface area contributed by atoms with Crippen molar-refractivity contribution in [2.45, 2.75) is 13.3 Å². The van der Waals surface area contributed by atoms with Gasteiger partial charge in [-0.05, 0) is 42.8 Å². The maximum atomic E-state index is 5.45. The van der Waals surface area contributed by atoms with Crippen molar-refractivity contribution in [3.8, 4) is 0 Å². The average Bonchev–Trinajstić information content (AvgIpc) is 2.49. The SMILES string of the molecule is Cc1cccc2c1CCN2NC(N)=S. The van der Waals surface area contributed by atoms with Crippen LogP contribution in [0.25, 0.3) is 0 Å². The van der Waals surface area contributed by atoms with Gasteiger partial charge in [0.1, 0.15) is 0 Å². The van der Waals surface area contributed by atoms with Gasteiger partial charge in [0.25, 0.3) is 0 Å². The number of hydrazine groups is 1. The number of nitrogens with one attached hydrogen (secondary N) is 1. The fraction of sp³-hybridized carbons (Fsp3) is 0.300. The number of hydrogen-bond donors (Lipinski definition) is 2. The van der Waals surface area contributed by atoms with Gasteiger partial charge in [-0.3, -0.25) is 10.4 Å². The Labute approximate surface area is 88.9 Å². The molecule has 4 heteroatoms. The molecule has 0 aromatic heterocycles. The molecule has 0 bridgehead atoms. The number of fused-ring (bicyclic) bond motifs is 1. The molecule has 0 radical (unpaired) electrons. The van der Waals surface area contributed by atoms with E-state index in [1.165, 1.54) is 16.8 Å². The van der Waals surface area contributed by atoms with Crippen LogP contribution in [0.3, 0.4) is 0 Å². The summed E-state index contributed by atoms with van der Waals surface area (Å²) in [5.74, 6) is 0. The highest BCUT2D eigenvalue weighted by Crippen LogP contribution is 2.28. The topological polar surface area (TPSA) is 41.3 Å². The first-order chi connectivity index (χ1) is 6.68.